The molecule has 0 fully saturated rings. The van der Waals surface area contributed by atoms with E-state index in [1.807, 2.05) is 4.90 Å². The van der Waals surface area contributed by atoms with Gasteiger partial charge in [-0.05, 0) is 174 Å². The first-order valence-electron chi connectivity index (χ1n) is 28.8. The van der Waals surface area contributed by atoms with Crippen LogP contribution in [0.4, 0.5) is 51.2 Å². The standard InChI is InChI=1S/C69H74BN3/c1-43-36-47(67(9,10)11)37-44(2)64(43)71(49-22-18-17-19-23-49)52-32-34-57-60(42-52)73(51-31-33-54-53-24-20-21-25-55(53)69(15,16)56(54)41-51)62-40-48(68(12,13)14)39-61-63(62)70(57)58-38-46(66(6,7)8)28-35-59(58)72(61)50-29-26-45(27-30-50)65(3,4)5/h17-42H,1-16H3/i17D,18D,19D,22D,23D. The number of hydrogen-bond donors (Lipinski definition) is 0. The monoisotopic (exact) mass is 961 g/mol. The molecule has 0 radical (unpaired) electrons. The van der Waals surface area contributed by atoms with E-state index < -0.39 is 6.04 Å². The Kier molecular flexibility index (Phi) is 9.72. The summed E-state index contributed by atoms with van der Waals surface area (Å²) in [6, 6.07) is 46.3. The number of benzene rings is 8. The zero-order valence-corrected chi connectivity index (χ0v) is 46.0. The Labute approximate surface area is 445 Å². The Morgan fingerprint density at radius 1 is 0.452 bits per heavy atom. The van der Waals surface area contributed by atoms with Crippen molar-refractivity contribution < 1.29 is 6.85 Å². The molecule has 0 saturated heterocycles. The number of rotatable bonds is 5. The van der Waals surface area contributed by atoms with E-state index in [2.05, 4.69) is 248 Å². The maximum absolute atomic E-state index is 9.60. The molecule has 0 spiro atoms. The first-order chi connectivity index (χ1) is 36.4. The Morgan fingerprint density at radius 3 is 1.62 bits per heavy atom. The van der Waals surface area contributed by atoms with Crippen LogP contribution in [-0.2, 0) is 27.1 Å². The molecule has 3 nitrogen and oxygen atoms in total. The van der Waals surface area contributed by atoms with Gasteiger partial charge in [-0.25, -0.2) is 0 Å². The summed E-state index contributed by atoms with van der Waals surface area (Å²) in [5.41, 5.74) is 22.6. The molecule has 8 aromatic rings. The molecule has 3 aliphatic rings. The van der Waals surface area contributed by atoms with Crippen molar-refractivity contribution in [2.75, 3.05) is 14.7 Å². The zero-order valence-electron chi connectivity index (χ0n) is 51.0. The van der Waals surface area contributed by atoms with Gasteiger partial charge in [-0.2, -0.15) is 0 Å². The fourth-order valence-electron chi connectivity index (χ4n) is 12.0. The quantitative estimate of drug-likeness (QED) is 0.159. The average molecular weight is 961 g/mol. The lowest BCUT2D eigenvalue weighted by atomic mass is 9.33. The van der Waals surface area contributed by atoms with Crippen molar-refractivity contribution in [3.63, 3.8) is 0 Å². The molecule has 0 N–H and O–H groups in total. The van der Waals surface area contributed by atoms with Gasteiger partial charge in [0.25, 0.3) is 6.71 Å². The largest absolute Gasteiger partial charge is 0.311 e. The van der Waals surface area contributed by atoms with Crippen LogP contribution < -0.4 is 31.1 Å². The number of nitrogens with zero attached hydrogens (tertiary/aromatic N) is 3. The van der Waals surface area contributed by atoms with Crippen LogP contribution in [0.25, 0.3) is 11.1 Å². The van der Waals surface area contributed by atoms with Crippen molar-refractivity contribution in [1.29, 1.82) is 0 Å². The summed E-state index contributed by atoms with van der Waals surface area (Å²) in [5.74, 6) is 0. The lowest BCUT2D eigenvalue weighted by Crippen LogP contribution is -2.61. The molecule has 2 heterocycles. The smallest absolute Gasteiger partial charge is 0.252 e. The van der Waals surface area contributed by atoms with Crippen molar-refractivity contribution in [2.24, 2.45) is 0 Å². The van der Waals surface area contributed by atoms with Crippen LogP contribution in [0.3, 0.4) is 0 Å². The van der Waals surface area contributed by atoms with Gasteiger partial charge in [0, 0.05) is 50.9 Å². The molecule has 0 atom stereocenters. The first kappa shape index (κ1) is 42.7. The number of para-hydroxylation sites is 1. The Hall–Kier alpha value is -6.78. The summed E-state index contributed by atoms with van der Waals surface area (Å²) in [5, 5.41) is 0. The molecule has 368 valence electrons. The summed E-state index contributed by atoms with van der Waals surface area (Å²) in [6.07, 6.45) is 0. The summed E-state index contributed by atoms with van der Waals surface area (Å²) in [4.78, 5) is 6.93. The molecule has 0 aromatic heterocycles. The van der Waals surface area contributed by atoms with Gasteiger partial charge in [0.05, 0.1) is 12.5 Å². The van der Waals surface area contributed by atoms with E-state index in [0.29, 0.717) is 5.69 Å². The highest BCUT2D eigenvalue weighted by molar-refractivity contribution is 7.00. The van der Waals surface area contributed by atoms with Gasteiger partial charge in [-0.3, -0.25) is 0 Å². The van der Waals surface area contributed by atoms with Crippen molar-refractivity contribution >= 4 is 74.3 Å². The molecule has 11 rings (SSSR count). The van der Waals surface area contributed by atoms with Gasteiger partial charge < -0.3 is 14.7 Å². The van der Waals surface area contributed by atoms with Crippen LogP contribution >= 0.6 is 0 Å². The number of aryl methyl sites for hydroxylation is 2. The van der Waals surface area contributed by atoms with Crippen LogP contribution in [0.2, 0.25) is 0 Å². The highest BCUT2D eigenvalue weighted by Crippen LogP contribution is 2.53. The molecule has 1 aliphatic carbocycles. The number of anilines is 9. The third-order valence-corrected chi connectivity index (χ3v) is 16.2. The molecule has 2 aliphatic heterocycles. The van der Waals surface area contributed by atoms with E-state index in [0.717, 1.165) is 62.0 Å². The minimum absolute atomic E-state index is 0.0173. The second-order valence-corrected chi connectivity index (χ2v) is 25.8. The summed E-state index contributed by atoms with van der Waals surface area (Å²) in [7, 11) is 0. The van der Waals surface area contributed by atoms with Gasteiger partial charge in [0.1, 0.15) is 0 Å². The van der Waals surface area contributed by atoms with Gasteiger partial charge in [0.15, 0.2) is 0 Å². The van der Waals surface area contributed by atoms with Crippen molar-refractivity contribution in [3.05, 3.63) is 202 Å². The molecule has 0 amide bonds. The van der Waals surface area contributed by atoms with Gasteiger partial charge in [-0.1, -0.05) is 188 Å². The number of hydrogen-bond acceptors (Lipinski definition) is 3. The topological polar surface area (TPSA) is 9.72 Å². The SMILES string of the molecule is [2H]c1c([2H])c([2H])c(N(c2ccc3c(c2)N(c2ccc4c(c2)C(C)(C)c2ccccc2-4)c2cc(C(C)(C)C)cc4c2B3c2cc(C(C)(C)C)ccc2N4c2ccc(C(C)(C)C)cc2)c2c(C)cc(C(C)(C)C)cc2C)c([2H])c1[2H]. The molecule has 0 unspecified atom stereocenters. The molecule has 73 heavy (non-hydrogen) atoms. The first-order valence-corrected chi connectivity index (χ1v) is 26.3. The summed E-state index contributed by atoms with van der Waals surface area (Å²) in [6.45, 7) is 35.8. The molecule has 0 bridgehead atoms. The molecule has 8 aromatic carbocycles. The second kappa shape index (κ2) is 16.6. The lowest BCUT2D eigenvalue weighted by molar-refractivity contribution is 0.589. The molecule has 4 heteroatoms. The van der Waals surface area contributed by atoms with E-state index in [-0.39, 0.29) is 63.6 Å². The maximum atomic E-state index is 9.60. The Bertz CT molecular complexity index is 3760. The van der Waals surface area contributed by atoms with E-state index in [9.17, 15) is 2.74 Å². The van der Waals surface area contributed by atoms with Gasteiger partial charge in [-0.15, -0.1) is 0 Å². The van der Waals surface area contributed by atoms with Gasteiger partial charge >= 0.3 is 0 Å². The zero-order chi connectivity index (χ0) is 56.2. The van der Waals surface area contributed by atoms with Crippen molar-refractivity contribution in [3.8, 4) is 11.1 Å². The molecular weight excluding hydrogens is 882 g/mol. The minimum Gasteiger partial charge on any atom is -0.311 e. The Morgan fingerprint density at radius 2 is 1.00 bits per heavy atom. The van der Waals surface area contributed by atoms with Crippen LogP contribution in [0.5, 0.6) is 0 Å². The fourth-order valence-corrected chi connectivity index (χ4v) is 12.0. The number of fused-ring (bicyclic) bond motifs is 7. The van der Waals surface area contributed by atoms with E-state index in [1.165, 1.54) is 49.9 Å². The molecule has 0 saturated carbocycles. The third kappa shape index (κ3) is 7.94. The predicted molar refractivity (Wildman–Crippen MR) is 317 cm³/mol. The molecular formula is C69H74BN3. The highest BCUT2D eigenvalue weighted by Gasteiger charge is 2.46. The summed E-state index contributed by atoms with van der Waals surface area (Å²) >= 11 is 0. The lowest BCUT2D eigenvalue weighted by Gasteiger charge is -2.46. The normalized spacial score (nSPS) is 15.6. The Balaban J connectivity index is 1.27. The van der Waals surface area contributed by atoms with Crippen LogP contribution in [-0.4, -0.2) is 6.71 Å². The van der Waals surface area contributed by atoms with E-state index in [4.69, 9.17) is 4.11 Å². The van der Waals surface area contributed by atoms with Crippen molar-refractivity contribution in [2.45, 2.75) is 138 Å². The highest BCUT2D eigenvalue weighted by atomic mass is 15.2. The van der Waals surface area contributed by atoms with E-state index >= 15 is 0 Å². The van der Waals surface area contributed by atoms with Gasteiger partial charge in [0.2, 0.25) is 0 Å². The minimum atomic E-state index is -0.421. The maximum Gasteiger partial charge on any atom is 0.252 e. The van der Waals surface area contributed by atoms with E-state index in [1.54, 1.807) is 0 Å². The van der Waals surface area contributed by atoms with Crippen molar-refractivity contribution in [1.82, 2.24) is 0 Å². The van der Waals surface area contributed by atoms with Crippen LogP contribution in [0, 0.1) is 13.8 Å². The average Bonchev–Trinajstić information content (AvgIpc) is 3.78. The third-order valence-electron chi connectivity index (χ3n) is 16.2. The summed E-state index contributed by atoms with van der Waals surface area (Å²) < 4.78 is 46.0. The predicted octanol–water partition coefficient (Wildman–Crippen LogP) is 17.4. The van der Waals surface area contributed by atoms with Crippen LogP contribution in [0.1, 0.15) is 148 Å². The van der Waals surface area contributed by atoms with Crippen LogP contribution in [0.15, 0.2) is 158 Å². The fraction of sp³-hybridized carbons (Fsp3) is 0.304. The second-order valence-electron chi connectivity index (χ2n) is 25.8.